The Morgan fingerprint density at radius 2 is 1.95 bits per heavy atom. The molecule has 37 heavy (non-hydrogen) atoms. The van der Waals surface area contributed by atoms with E-state index in [9.17, 15) is 9.59 Å². The third-order valence-electron chi connectivity index (χ3n) is 6.07. The van der Waals surface area contributed by atoms with Crippen LogP contribution in [0.2, 0.25) is 0 Å². The number of nitrogens with one attached hydrogen (secondary N) is 3. The van der Waals surface area contributed by atoms with Crippen molar-refractivity contribution in [2.75, 3.05) is 5.32 Å². The standard InChI is InChI=1S/C27H21N7O2S/c1-3-23(36)30-17-10-16(12-28-13-17)15-4-5-20-19(11-15)25(34-33-20)27-31-24-18(8-9-29-26(24)32-27)22-7-6-21(37-22)14(2)35/h4-13H,3H2,1-2H3,(H,30,36)(H,33,34)(H,29,31,32). The molecule has 0 radical (unpaired) electrons. The number of carbonyl (C=O) groups is 2. The second kappa shape index (κ2) is 9.07. The lowest BCUT2D eigenvalue weighted by Crippen LogP contribution is -2.09. The van der Waals surface area contributed by atoms with E-state index in [1.807, 2.05) is 42.5 Å². The number of rotatable bonds is 6. The van der Waals surface area contributed by atoms with Crippen molar-refractivity contribution in [3.63, 3.8) is 0 Å². The third kappa shape index (κ3) is 4.17. The topological polar surface area (TPSA) is 129 Å². The van der Waals surface area contributed by atoms with Crippen LogP contribution in [0.5, 0.6) is 0 Å². The number of aromatic nitrogens is 6. The molecule has 0 unspecified atom stereocenters. The van der Waals surface area contributed by atoms with Crippen LogP contribution in [0.4, 0.5) is 5.69 Å². The molecule has 6 rings (SSSR count). The largest absolute Gasteiger partial charge is 0.335 e. The Labute approximate surface area is 215 Å². The number of thiophene rings is 1. The highest BCUT2D eigenvalue weighted by atomic mass is 32.1. The van der Waals surface area contributed by atoms with Crippen LogP contribution in [0.1, 0.15) is 29.9 Å². The maximum Gasteiger partial charge on any atom is 0.224 e. The Hall–Kier alpha value is -4.70. The smallest absolute Gasteiger partial charge is 0.224 e. The number of carbonyl (C=O) groups excluding carboxylic acids is 2. The SMILES string of the molecule is CCC(=O)Nc1cncc(-c2ccc3[nH]nc(-c4nc5nccc(-c6ccc(C(C)=O)s6)c5[nH]4)c3c2)c1. The normalized spacial score (nSPS) is 11.3. The van der Waals surface area contributed by atoms with Crippen LogP contribution < -0.4 is 5.32 Å². The fourth-order valence-electron chi connectivity index (χ4n) is 4.19. The zero-order valence-corrected chi connectivity index (χ0v) is 20.8. The number of benzene rings is 1. The summed E-state index contributed by atoms with van der Waals surface area (Å²) in [6.07, 6.45) is 5.50. The van der Waals surface area contributed by atoms with E-state index in [0.717, 1.165) is 38.0 Å². The number of ketones is 1. The lowest BCUT2D eigenvalue weighted by Gasteiger charge is -2.06. The van der Waals surface area contributed by atoms with Crippen molar-refractivity contribution in [2.45, 2.75) is 20.3 Å². The fraction of sp³-hybridized carbons (Fsp3) is 0.111. The van der Waals surface area contributed by atoms with Crippen LogP contribution in [-0.4, -0.2) is 41.8 Å². The molecule has 0 fully saturated rings. The molecule has 0 atom stereocenters. The lowest BCUT2D eigenvalue weighted by atomic mass is 10.0. The first-order valence-electron chi connectivity index (χ1n) is 11.7. The van der Waals surface area contributed by atoms with Gasteiger partial charge < -0.3 is 10.3 Å². The highest BCUT2D eigenvalue weighted by molar-refractivity contribution is 7.17. The predicted molar refractivity (Wildman–Crippen MR) is 144 cm³/mol. The molecule has 10 heteroatoms. The van der Waals surface area contributed by atoms with Crippen LogP contribution in [0.25, 0.3) is 55.2 Å². The summed E-state index contributed by atoms with van der Waals surface area (Å²) >= 11 is 1.44. The molecular weight excluding hydrogens is 486 g/mol. The lowest BCUT2D eigenvalue weighted by molar-refractivity contribution is -0.115. The first-order chi connectivity index (χ1) is 18.0. The van der Waals surface area contributed by atoms with E-state index >= 15 is 0 Å². The van der Waals surface area contributed by atoms with Crippen molar-refractivity contribution in [2.24, 2.45) is 0 Å². The first kappa shape index (κ1) is 22.7. The minimum absolute atomic E-state index is 0.0409. The van der Waals surface area contributed by atoms with Gasteiger partial charge in [-0.3, -0.25) is 19.7 Å². The number of aromatic amines is 2. The van der Waals surface area contributed by atoms with Gasteiger partial charge in [0.15, 0.2) is 17.3 Å². The number of fused-ring (bicyclic) bond motifs is 2. The van der Waals surface area contributed by atoms with Gasteiger partial charge in [-0.25, -0.2) is 9.97 Å². The van der Waals surface area contributed by atoms with Crippen molar-refractivity contribution in [1.29, 1.82) is 0 Å². The molecule has 1 amide bonds. The molecule has 0 saturated carbocycles. The van der Waals surface area contributed by atoms with Crippen molar-refractivity contribution in [1.82, 2.24) is 30.1 Å². The van der Waals surface area contributed by atoms with Crippen molar-refractivity contribution in [3.05, 3.63) is 65.9 Å². The molecule has 5 aromatic heterocycles. The molecule has 5 heterocycles. The summed E-state index contributed by atoms with van der Waals surface area (Å²) in [6.45, 7) is 3.37. The van der Waals surface area contributed by atoms with E-state index in [0.29, 0.717) is 34.2 Å². The number of hydrogen-bond donors (Lipinski definition) is 3. The summed E-state index contributed by atoms with van der Waals surface area (Å²) in [5.41, 5.74) is 6.26. The number of amides is 1. The van der Waals surface area contributed by atoms with Gasteiger partial charge in [-0.1, -0.05) is 13.0 Å². The molecule has 0 aliphatic heterocycles. The predicted octanol–water partition coefficient (Wildman–Crippen LogP) is 5.84. The molecule has 0 spiro atoms. The van der Waals surface area contributed by atoms with Gasteiger partial charge in [0.05, 0.1) is 27.8 Å². The number of hydrogen-bond acceptors (Lipinski definition) is 7. The second-order valence-corrected chi connectivity index (χ2v) is 9.64. The quantitative estimate of drug-likeness (QED) is 0.243. The first-order valence-corrected chi connectivity index (χ1v) is 12.5. The van der Waals surface area contributed by atoms with E-state index in [1.54, 1.807) is 32.4 Å². The molecule has 0 aliphatic rings. The van der Waals surface area contributed by atoms with E-state index < -0.39 is 0 Å². The Morgan fingerprint density at radius 3 is 2.76 bits per heavy atom. The molecule has 0 bridgehead atoms. The summed E-state index contributed by atoms with van der Waals surface area (Å²) in [4.78, 5) is 42.1. The minimum Gasteiger partial charge on any atom is -0.335 e. The van der Waals surface area contributed by atoms with Crippen LogP contribution in [0, 0.1) is 0 Å². The number of anilines is 1. The van der Waals surface area contributed by atoms with Crippen LogP contribution >= 0.6 is 11.3 Å². The van der Waals surface area contributed by atoms with Gasteiger partial charge in [0.2, 0.25) is 5.91 Å². The zero-order valence-electron chi connectivity index (χ0n) is 20.0. The number of pyridine rings is 2. The highest BCUT2D eigenvalue weighted by Gasteiger charge is 2.17. The summed E-state index contributed by atoms with van der Waals surface area (Å²) < 4.78 is 0. The number of imidazole rings is 1. The average Bonchev–Trinajstić information content (AvgIpc) is 3.66. The van der Waals surface area contributed by atoms with Gasteiger partial charge in [-0.15, -0.1) is 11.3 Å². The molecule has 9 nitrogen and oxygen atoms in total. The Balaban J connectivity index is 1.42. The Morgan fingerprint density at radius 1 is 1.05 bits per heavy atom. The van der Waals surface area contributed by atoms with Gasteiger partial charge in [0.25, 0.3) is 0 Å². The van der Waals surface area contributed by atoms with Gasteiger partial charge in [0.1, 0.15) is 5.69 Å². The molecule has 182 valence electrons. The van der Waals surface area contributed by atoms with Crippen molar-refractivity contribution < 1.29 is 9.59 Å². The fourth-order valence-corrected chi connectivity index (χ4v) is 5.12. The number of H-pyrrole nitrogens is 2. The summed E-state index contributed by atoms with van der Waals surface area (Å²) in [5.74, 6) is 0.562. The highest BCUT2D eigenvalue weighted by Crippen LogP contribution is 2.35. The van der Waals surface area contributed by atoms with Crippen LogP contribution in [0.3, 0.4) is 0 Å². The summed E-state index contributed by atoms with van der Waals surface area (Å²) in [5, 5.41) is 11.3. The van der Waals surface area contributed by atoms with Crippen LogP contribution in [0.15, 0.2) is 61.1 Å². The Bertz CT molecular complexity index is 1810. The van der Waals surface area contributed by atoms with E-state index in [-0.39, 0.29) is 11.7 Å². The minimum atomic E-state index is -0.0653. The van der Waals surface area contributed by atoms with Gasteiger partial charge in [-0.2, -0.15) is 5.10 Å². The van der Waals surface area contributed by atoms with Crippen LogP contribution in [-0.2, 0) is 4.79 Å². The monoisotopic (exact) mass is 507 g/mol. The van der Waals surface area contributed by atoms with Gasteiger partial charge in [-0.05, 0) is 48.9 Å². The van der Waals surface area contributed by atoms with Gasteiger partial charge in [0, 0.05) is 40.2 Å². The molecule has 0 saturated heterocycles. The maximum atomic E-state index is 11.8. The molecule has 0 aliphatic carbocycles. The Kier molecular flexibility index (Phi) is 5.57. The number of nitrogens with zero attached hydrogens (tertiary/aromatic N) is 4. The zero-order chi connectivity index (χ0) is 25.5. The summed E-state index contributed by atoms with van der Waals surface area (Å²) in [6, 6.07) is 13.6. The van der Waals surface area contributed by atoms with E-state index in [4.69, 9.17) is 4.98 Å². The summed E-state index contributed by atoms with van der Waals surface area (Å²) in [7, 11) is 0. The molecule has 1 aromatic carbocycles. The maximum absolute atomic E-state index is 11.8. The molecular formula is C27H21N7O2S. The number of Topliss-reactive ketones (excluding diaryl/α,β-unsaturated/α-hetero) is 1. The average molecular weight is 508 g/mol. The molecule has 6 aromatic rings. The van der Waals surface area contributed by atoms with E-state index in [2.05, 4.69) is 30.5 Å². The second-order valence-electron chi connectivity index (χ2n) is 8.56. The van der Waals surface area contributed by atoms with Crippen molar-refractivity contribution in [3.8, 4) is 33.1 Å². The van der Waals surface area contributed by atoms with E-state index in [1.165, 1.54) is 11.3 Å². The molecule has 3 N–H and O–H groups in total. The van der Waals surface area contributed by atoms with Gasteiger partial charge >= 0.3 is 0 Å². The third-order valence-corrected chi connectivity index (χ3v) is 7.29. The van der Waals surface area contributed by atoms with Crippen molar-refractivity contribution >= 4 is 50.8 Å².